The van der Waals surface area contributed by atoms with Crippen LogP contribution in [0.15, 0.2) is 41.3 Å². The Kier molecular flexibility index (Phi) is 5.70. The molecule has 0 atom stereocenters. The van der Waals surface area contributed by atoms with Crippen LogP contribution in [0.2, 0.25) is 0 Å². The molecule has 0 bridgehead atoms. The van der Waals surface area contributed by atoms with Gasteiger partial charge < -0.3 is 4.74 Å². The largest absolute Gasteiger partial charge is 0.483 e. The van der Waals surface area contributed by atoms with E-state index in [4.69, 9.17) is 4.74 Å². The van der Waals surface area contributed by atoms with Crippen molar-refractivity contribution in [2.24, 2.45) is 0 Å². The molecule has 6 nitrogen and oxygen atoms in total. The van der Waals surface area contributed by atoms with Gasteiger partial charge in [-0.05, 0) is 37.1 Å². The van der Waals surface area contributed by atoms with Gasteiger partial charge in [-0.3, -0.25) is 10.2 Å². The van der Waals surface area contributed by atoms with Crippen molar-refractivity contribution >= 4 is 15.9 Å². The third kappa shape index (κ3) is 4.52. The number of amides is 1. The average molecular weight is 370 g/mol. The average Bonchev–Trinajstić information content (AvgIpc) is 2.52. The predicted octanol–water partition coefficient (Wildman–Crippen LogP) is 1.97. The van der Waals surface area contributed by atoms with Gasteiger partial charge in [0, 0.05) is 0 Å². The van der Waals surface area contributed by atoms with Gasteiger partial charge in [-0.2, -0.15) is 0 Å². The second-order valence-corrected chi connectivity index (χ2v) is 6.83. The number of rotatable bonds is 6. The monoisotopic (exact) mass is 370 g/mol. The van der Waals surface area contributed by atoms with Crippen LogP contribution in [-0.2, 0) is 14.8 Å². The van der Waals surface area contributed by atoms with Crippen LogP contribution in [0.3, 0.4) is 0 Å². The summed E-state index contributed by atoms with van der Waals surface area (Å²) in [4.78, 5) is 12.2. The summed E-state index contributed by atoms with van der Waals surface area (Å²) < 4.78 is 56.2. The molecule has 134 valence electrons. The van der Waals surface area contributed by atoms with Gasteiger partial charge in [0.25, 0.3) is 15.9 Å². The van der Waals surface area contributed by atoms with E-state index in [1.165, 1.54) is 0 Å². The van der Waals surface area contributed by atoms with Crippen molar-refractivity contribution < 1.29 is 26.7 Å². The Morgan fingerprint density at radius 3 is 2.12 bits per heavy atom. The molecule has 0 fully saturated rings. The SMILES string of the molecule is Cc1cccc(C)c1OCC(=O)NNS(=O)(=O)c1c(F)cccc1F. The number of nitrogens with one attached hydrogen (secondary N) is 2. The third-order valence-corrected chi connectivity index (χ3v) is 4.57. The Morgan fingerprint density at radius 2 is 1.56 bits per heavy atom. The van der Waals surface area contributed by atoms with Crippen molar-refractivity contribution in [3.8, 4) is 5.75 Å². The van der Waals surface area contributed by atoms with Gasteiger partial charge in [0.15, 0.2) is 11.5 Å². The van der Waals surface area contributed by atoms with Crippen molar-refractivity contribution in [2.75, 3.05) is 6.61 Å². The van der Waals surface area contributed by atoms with Crippen LogP contribution in [0.1, 0.15) is 11.1 Å². The molecule has 0 saturated carbocycles. The minimum atomic E-state index is -4.60. The molecular formula is C16H16F2N2O4S. The lowest BCUT2D eigenvalue weighted by Gasteiger charge is -2.13. The van der Waals surface area contributed by atoms with Crippen LogP contribution in [0, 0.1) is 25.5 Å². The summed E-state index contributed by atoms with van der Waals surface area (Å²) in [5.41, 5.74) is 3.46. The molecule has 0 aliphatic rings. The topological polar surface area (TPSA) is 84.5 Å². The van der Waals surface area contributed by atoms with Crippen LogP contribution in [-0.4, -0.2) is 20.9 Å². The molecule has 2 rings (SSSR count). The lowest BCUT2D eigenvalue weighted by molar-refractivity contribution is -0.123. The first-order valence-electron chi connectivity index (χ1n) is 7.16. The van der Waals surface area contributed by atoms with Crippen LogP contribution >= 0.6 is 0 Å². The molecule has 0 radical (unpaired) electrons. The highest BCUT2D eigenvalue weighted by Gasteiger charge is 2.24. The van der Waals surface area contributed by atoms with E-state index in [0.717, 1.165) is 29.3 Å². The molecule has 0 spiro atoms. The number of halogens is 2. The van der Waals surface area contributed by atoms with E-state index in [0.29, 0.717) is 5.75 Å². The summed E-state index contributed by atoms with van der Waals surface area (Å²) in [5.74, 6) is -2.87. The van der Waals surface area contributed by atoms with Crippen molar-refractivity contribution in [3.63, 3.8) is 0 Å². The van der Waals surface area contributed by atoms with Gasteiger partial charge in [-0.1, -0.05) is 24.3 Å². The maximum absolute atomic E-state index is 13.5. The highest BCUT2D eigenvalue weighted by Crippen LogP contribution is 2.22. The van der Waals surface area contributed by atoms with E-state index in [2.05, 4.69) is 0 Å². The van der Waals surface area contributed by atoms with Gasteiger partial charge in [-0.15, -0.1) is 4.83 Å². The van der Waals surface area contributed by atoms with Gasteiger partial charge in [0.05, 0.1) is 0 Å². The van der Waals surface area contributed by atoms with Crippen molar-refractivity contribution in [1.82, 2.24) is 10.3 Å². The summed E-state index contributed by atoms with van der Waals surface area (Å²) in [6.07, 6.45) is 0. The van der Waals surface area contributed by atoms with Gasteiger partial charge in [0.2, 0.25) is 0 Å². The van der Waals surface area contributed by atoms with E-state index in [1.807, 2.05) is 11.5 Å². The smallest absolute Gasteiger partial charge is 0.272 e. The molecule has 0 aliphatic carbocycles. The second kappa shape index (κ2) is 7.58. The quantitative estimate of drug-likeness (QED) is 0.762. The summed E-state index contributed by atoms with van der Waals surface area (Å²) >= 11 is 0. The molecular weight excluding hydrogens is 354 g/mol. The molecule has 9 heteroatoms. The van der Waals surface area contributed by atoms with Crippen LogP contribution < -0.4 is 15.0 Å². The third-order valence-electron chi connectivity index (χ3n) is 3.27. The molecule has 0 heterocycles. The number of aryl methyl sites for hydroxylation is 2. The molecule has 0 unspecified atom stereocenters. The van der Waals surface area contributed by atoms with Gasteiger partial charge >= 0.3 is 0 Å². The molecule has 0 aromatic heterocycles. The standard InChI is InChI=1S/C16H16F2N2O4S/c1-10-5-3-6-11(2)15(10)24-9-14(21)19-20-25(22,23)16-12(17)7-4-8-13(16)18/h3-8,20H,9H2,1-2H3,(H,19,21). The minimum Gasteiger partial charge on any atom is -0.483 e. The van der Waals surface area contributed by atoms with Crippen molar-refractivity contribution in [2.45, 2.75) is 18.7 Å². The lowest BCUT2D eigenvalue weighted by Crippen LogP contribution is -2.44. The molecule has 25 heavy (non-hydrogen) atoms. The fraction of sp³-hybridized carbons (Fsp3) is 0.188. The van der Waals surface area contributed by atoms with Crippen molar-refractivity contribution in [3.05, 3.63) is 59.2 Å². The first-order valence-corrected chi connectivity index (χ1v) is 8.64. The molecule has 1 amide bonds. The maximum atomic E-state index is 13.5. The van der Waals surface area contributed by atoms with Crippen LogP contribution in [0.4, 0.5) is 8.78 Å². The lowest BCUT2D eigenvalue weighted by atomic mass is 10.1. The van der Waals surface area contributed by atoms with E-state index < -0.39 is 39.1 Å². The second-order valence-electron chi connectivity index (χ2n) is 5.21. The fourth-order valence-electron chi connectivity index (χ4n) is 2.12. The first kappa shape index (κ1) is 18.8. The number of hydrazine groups is 1. The van der Waals surface area contributed by atoms with E-state index in [1.54, 1.807) is 30.8 Å². The first-order chi connectivity index (χ1) is 11.7. The minimum absolute atomic E-state index is 0.478. The maximum Gasteiger partial charge on any atom is 0.272 e. The van der Waals surface area contributed by atoms with Crippen LogP contribution in [0.25, 0.3) is 0 Å². The zero-order valence-corrected chi connectivity index (χ0v) is 14.3. The van der Waals surface area contributed by atoms with Gasteiger partial charge in [-0.25, -0.2) is 17.2 Å². The Balaban J connectivity index is 2.00. The predicted molar refractivity (Wildman–Crippen MR) is 86.2 cm³/mol. The molecule has 2 aromatic rings. The summed E-state index contributed by atoms with van der Waals surface area (Å²) in [6, 6.07) is 8.04. The van der Waals surface area contributed by atoms with E-state index in [9.17, 15) is 22.0 Å². The summed E-state index contributed by atoms with van der Waals surface area (Å²) in [7, 11) is -4.60. The number of hydrogen-bond acceptors (Lipinski definition) is 4. The Labute approximate surface area is 143 Å². The zero-order chi connectivity index (χ0) is 18.6. The number of ether oxygens (including phenoxy) is 1. The zero-order valence-electron chi connectivity index (χ0n) is 13.5. The fourth-order valence-corrected chi connectivity index (χ4v) is 3.11. The van der Waals surface area contributed by atoms with E-state index >= 15 is 0 Å². The summed E-state index contributed by atoms with van der Waals surface area (Å²) in [6.45, 7) is 3.11. The Bertz CT molecular complexity index is 861. The highest BCUT2D eigenvalue weighted by atomic mass is 32.2. The van der Waals surface area contributed by atoms with Gasteiger partial charge in [0.1, 0.15) is 17.4 Å². The van der Waals surface area contributed by atoms with E-state index in [-0.39, 0.29) is 0 Å². The number of sulfonamides is 1. The number of hydrogen-bond donors (Lipinski definition) is 2. The summed E-state index contributed by atoms with van der Waals surface area (Å²) in [5, 5.41) is 0. The molecule has 0 saturated heterocycles. The number of para-hydroxylation sites is 1. The Hall–Kier alpha value is -2.52. The number of benzene rings is 2. The molecule has 0 aliphatic heterocycles. The Morgan fingerprint density at radius 1 is 1.04 bits per heavy atom. The molecule has 2 aromatic carbocycles. The number of carbonyl (C=O) groups is 1. The number of carbonyl (C=O) groups excluding carboxylic acids is 1. The molecule has 2 N–H and O–H groups in total. The van der Waals surface area contributed by atoms with Crippen LogP contribution in [0.5, 0.6) is 5.75 Å². The highest BCUT2D eigenvalue weighted by molar-refractivity contribution is 7.89. The normalized spacial score (nSPS) is 11.2. The van der Waals surface area contributed by atoms with Crippen molar-refractivity contribution in [1.29, 1.82) is 0 Å².